The third-order valence-corrected chi connectivity index (χ3v) is 6.67. The number of amides is 1. The van der Waals surface area contributed by atoms with Gasteiger partial charge in [0.15, 0.2) is 5.82 Å². The van der Waals surface area contributed by atoms with E-state index in [-0.39, 0.29) is 11.2 Å². The van der Waals surface area contributed by atoms with Gasteiger partial charge in [-0.05, 0) is 35.4 Å². The van der Waals surface area contributed by atoms with Crippen LogP contribution in [0.4, 0.5) is 5.82 Å². The molecule has 0 saturated carbocycles. The van der Waals surface area contributed by atoms with Gasteiger partial charge in [0.2, 0.25) is 5.28 Å². The van der Waals surface area contributed by atoms with Crippen LogP contribution < -0.4 is 4.90 Å². The van der Waals surface area contributed by atoms with E-state index in [9.17, 15) is 4.79 Å². The number of hydrogen-bond acceptors (Lipinski definition) is 7. The number of nitrogens with zero attached hydrogens (tertiary/aromatic N) is 4. The summed E-state index contributed by atoms with van der Waals surface area (Å²) in [5.74, 6) is 0.892. The molecule has 7 nitrogen and oxygen atoms in total. The molecular weight excluding hydrogens is 424 g/mol. The Bertz CT molecular complexity index is 1080. The van der Waals surface area contributed by atoms with Gasteiger partial charge in [0.25, 0.3) is 5.91 Å². The van der Waals surface area contributed by atoms with Crippen molar-refractivity contribution in [3.8, 4) is 10.4 Å². The third kappa shape index (κ3) is 3.88. The minimum atomic E-state index is 0.0399. The maximum Gasteiger partial charge on any atom is 0.254 e. The molecule has 0 bridgehead atoms. The quantitative estimate of drug-likeness (QED) is 0.577. The lowest BCUT2D eigenvalue weighted by Gasteiger charge is -2.28. The molecule has 0 N–H and O–H groups in total. The fraction of sp³-hybridized carbons (Fsp3) is 0.381. The van der Waals surface area contributed by atoms with Gasteiger partial charge < -0.3 is 19.3 Å². The maximum atomic E-state index is 12.9. The molecule has 0 atom stereocenters. The van der Waals surface area contributed by atoms with Crippen molar-refractivity contribution < 1.29 is 14.3 Å². The summed E-state index contributed by atoms with van der Waals surface area (Å²) in [5, 5.41) is 0.240. The van der Waals surface area contributed by atoms with Gasteiger partial charge in [0.05, 0.1) is 36.6 Å². The molecule has 4 heterocycles. The number of benzene rings is 1. The van der Waals surface area contributed by atoms with Crippen molar-refractivity contribution in [3.05, 3.63) is 41.2 Å². The minimum absolute atomic E-state index is 0.0399. The number of anilines is 1. The zero-order valence-corrected chi connectivity index (χ0v) is 17.9. The molecule has 9 heteroatoms. The first-order chi connectivity index (χ1) is 14.7. The van der Waals surface area contributed by atoms with Crippen LogP contribution in [-0.4, -0.2) is 73.4 Å². The standard InChI is InChI=1S/C21H21ClN4O3S/c22-21-23-16-13-17(30-18(16)19(24-21)25-4-8-28-9-5-25)14-2-1-3-15(12-14)20(27)26-6-10-29-11-7-26/h1-3,12-13H,4-11H2. The number of thiophene rings is 1. The molecule has 2 aromatic heterocycles. The summed E-state index contributed by atoms with van der Waals surface area (Å²) in [4.78, 5) is 26.9. The molecule has 3 aromatic rings. The molecule has 0 spiro atoms. The van der Waals surface area contributed by atoms with E-state index in [1.165, 1.54) is 0 Å². The predicted octanol–water partition coefficient (Wildman–Crippen LogP) is 3.32. The van der Waals surface area contributed by atoms with Crippen LogP contribution in [-0.2, 0) is 9.47 Å². The van der Waals surface area contributed by atoms with Crippen molar-refractivity contribution in [3.63, 3.8) is 0 Å². The van der Waals surface area contributed by atoms with Gasteiger partial charge in [-0.25, -0.2) is 4.98 Å². The molecule has 2 fully saturated rings. The Hall–Kier alpha value is -2.26. The zero-order valence-electron chi connectivity index (χ0n) is 16.3. The van der Waals surface area contributed by atoms with Crippen LogP contribution in [0.5, 0.6) is 0 Å². The molecule has 0 aliphatic carbocycles. The van der Waals surface area contributed by atoms with Crippen LogP contribution in [0, 0.1) is 0 Å². The Kier molecular flexibility index (Phi) is 5.56. The van der Waals surface area contributed by atoms with E-state index in [4.69, 9.17) is 21.1 Å². The van der Waals surface area contributed by atoms with Gasteiger partial charge in [-0.1, -0.05) is 12.1 Å². The van der Waals surface area contributed by atoms with Crippen molar-refractivity contribution in [2.45, 2.75) is 0 Å². The first kappa shape index (κ1) is 19.7. The number of hydrogen-bond donors (Lipinski definition) is 0. The smallest absolute Gasteiger partial charge is 0.254 e. The lowest BCUT2D eigenvalue weighted by Crippen LogP contribution is -2.40. The predicted molar refractivity (Wildman–Crippen MR) is 118 cm³/mol. The van der Waals surface area contributed by atoms with Gasteiger partial charge in [-0.15, -0.1) is 11.3 Å². The lowest BCUT2D eigenvalue weighted by molar-refractivity contribution is 0.0303. The summed E-state index contributed by atoms with van der Waals surface area (Å²) >= 11 is 7.84. The van der Waals surface area contributed by atoms with Crippen LogP contribution in [0.1, 0.15) is 10.4 Å². The molecule has 1 aromatic carbocycles. The maximum absolute atomic E-state index is 12.9. The van der Waals surface area contributed by atoms with Gasteiger partial charge in [-0.3, -0.25) is 4.79 Å². The normalized spacial score (nSPS) is 17.5. The molecule has 2 aliphatic heterocycles. The van der Waals surface area contributed by atoms with Crippen molar-refractivity contribution in [1.29, 1.82) is 0 Å². The Labute approximate surface area is 183 Å². The highest BCUT2D eigenvalue weighted by Crippen LogP contribution is 2.38. The molecule has 2 aliphatic rings. The molecule has 2 saturated heterocycles. The number of halogens is 1. The topological polar surface area (TPSA) is 67.8 Å². The van der Waals surface area contributed by atoms with E-state index >= 15 is 0 Å². The number of rotatable bonds is 3. The second-order valence-electron chi connectivity index (χ2n) is 7.23. The van der Waals surface area contributed by atoms with E-state index in [0.29, 0.717) is 45.1 Å². The highest BCUT2D eigenvalue weighted by atomic mass is 35.5. The fourth-order valence-corrected chi connectivity index (χ4v) is 5.06. The Morgan fingerprint density at radius 2 is 1.73 bits per heavy atom. The summed E-state index contributed by atoms with van der Waals surface area (Å²) in [6, 6.07) is 9.78. The highest BCUT2D eigenvalue weighted by Gasteiger charge is 2.21. The van der Waals surface area contributed by atoms with Gasteiger partial charge in [0, 0.05) is 36.6 Å². The molecule has 5 rings (SSSR count). The number of ether oxygens (including phenoxy) is 2. The van der Waals surface area contributed by atoms with Crippen molar-refractivity contribution >= 4 is 44.9 Å². The number of aromatic nitrogens is 2. The van der Waals surface area contributed by atoms with Crippen LogP contribution in [0.25, 0.3) is 20.7 Å². The van der Waals surface area contributed by atoms with E-state index in [0.717, 1.165) is 39.6 Å². The first-order valence-corrected chi connectivity index (χ1v) is 11.2. The van der Waals surface area contributed by atoms with Crippen molar-refractivity contribution in [2.75, 3.05) is 57.5 Å². The molecule has 156 valence electrons. The van der Waals surface area contributed by atoms with E-state index in [1.54, 1.807) is 11.3 Å². The zero-order chi connectivity index (χ0) is 20.5. The lowest BCUT2D eigenvalue weighted by atomic mass is 10.1. The van der Waals surface area contributed by atoms with Gasteiger partial charge in [0.1, 0.15) is 0 Å². The van der Waals surface area contributed by atoms with E-state index in [2.05, 4.69) is 14.9 Å². The van der Waals surface area contributed by atoms with Crippen LogP contribution in [0.3, 0.4) is 0 Å². The summed E-state index contributed by atoms with van der Waals surface area (Å²) in [6.45, 7) is 5.33. The minimum Gasteiger partial charge on any atom is -0.378 e. The van der Waals surface area contributed by atoms with Crippen LogP contribution in [0.15, 0.2) is 30.3 Å². The van der Waals surface area contributed by atoms with E-state index < -0.39 is 0 Å². The summed E-state index contributed by atoms with van der Waals surface area (Å²) in [5.41, 5.74) is 2.49. The number of morpholine rings is 2. The Morgan fingerprint density at radius 1 is 1.00 bits per heavy atom. The molecule has 0 radical (unpaired) electrons. The van der Waals surface area contributed by atoms with Crippen molar-refractivity contribution in [1.82, 2.24) is 14.9 Å². The SMILES string of the molecule is O=C(c1cccc(-c2cc3nc(Cl)nc(N4CCOCC4)c3s2)c1)N1CCOCC1. The Morgan fingerprint density at radius 3 is 2.50 bits per heavy atom. The van der Waals surface area contributed by atoms with Gasteiger partial charge in [-0.2, -0.15) is 4.98 Å². The summed E-state index contributed by atoms with van der Waals surface area (Å²) in [6.07, 6.45) is 0. The molecule has 1 amide bonds. The largest absolute Gasteiger partial charge is 0.378 e. The monoisotopic (exact) mass is 444 g/mol. The van der Waals surface area contributed by atoms with Crippen LogP contribution in [0.2, 0.25) is 5.28 Å². The van der Waals surface area contributed by atoms with Crippen molar-refractivity contribution in [2.24, 2.45) is 0 Å². The summed E-state index contributed by atoms with van der Waals surface area (Å²) < 4.78 is 11.8. The highest BCUT2D eigenvalue weighted by molar-refractivity contribution is 7.22. The number of carbonyl (C=O) groups is 1. The second-order valence-corrected chi connectivity index (χ2v) is 8.62. The average Bonchev–Trinajstić information content (AvgIpc) is 3.23. The first-order valence-electron chi connectivity index (χ1n) is 9.96. The van der Waals surface area contributed by atoms with E-state index in [1.807, 2.05) is 35.2 Å². The molecule has 0 unspecified atom stereocenters. The summed E-state index contributed by atoms with van der Waals surface area (Å²) in [7, 11) is 0. The third-order valence-electron chi connectivity index (χ3n) is 5.33. The van der Waals surface area contributed by atoms with Gasteiger partial charge >= 0.3 is 0 Å². The average molecular weight is 445 g/mol. The fourth-order valence-electron chi connectivity index (χ4n) is 3.77. The molecular formula is C21H21ClN4O3S. The Balaban J connectivity index is 1.50. The number of fused-ring (bicyclic) bond motifs is 1. The second kappa shape index (κ2) is 8.47. The molecule has 30 heavy (non-hydrogen) atoms. The van der Waals surface area contributed by atoms with Crippen LogP contribution >= 0.6 is 22.9 Å². The number of carbonyl (C=O) groups excluding carboxylic acids is 1.